The average molecular weight is 467 g/mol. The van der Waals surface area contributed by atoms with Gasteiger partial charge in [-0.3, -0.25) is 4.79 Å². The van der Waals surface area contributed by atoms with E-state index < -0.39 is 27.6 Å². The Morgan fingerprint density at radius 2 is 1.78 bits per heavy atom. The summed E-state index contributed by atoms with van der Waals surface area (Å²) in [5.74, 6) is -1.94. The standard InChI is InChI=1S/C23H28F2N2O4S/c1-16(2)31-22-10-8-18(32(29,30)27-12-4-3-5-13-27)15-21(22)26-23(28)11-7-17-6-9-19(24)20(25)14-17/h6,8-10,14-16H,3-5,7,11-13H2,1-2H3,(H,26,28). The van der Waals surface area contributed by atoms with Crippen molar-refractivity contribution in [3.63, 3.8) is 0 Å². The first-order valence-corrected chi connectivity index (χ1v) is 12.2. The van der Waals surface area contributed by atoms with Gasteiger partial charge in [-0.05, 0) is 69.0 Å². The second kappa shape index (κ2) is 10.4. The summed E-state index contributed by atoms with van der Waals surface area (Å²) in [6.07, 6.45) is 2.68. The molecule has 0 aromatic heterocycles. The Balaban J connectivity index is 1.78. The predicted molar refractivity (Wildman–Crippen MR) is 118 cm³/mol. The first kappa shape index (κ1) is 24.1. The maximum Gasteiger partial charge on any atom is 0.243 e. The normalized spacial score (nSPS) is 15.0. The number of piperidine rings is 1. The van der Waals surface area contributed by atoms with E-state index in [1.807, 2.05) is 13.8 Å². The molecule has 2 aromatic rings. The average Bonchev–Trinajstić information content (AvgIpc) is 2.76. The molecule has 1 heterocycles. The zero-order valence-corrected chi connectivity index (χ0v) is 19.1. The van der Waals surface area contributed by atoms with Crippen LogP contribution in [0.4, 0.5) is 14.5 Å². The third-order valence-corrected chi connectivity index (χ3v) is 7.06. The molecule has 0 saturated carbocycles. The van der Waals surface area contributed by atoms with E-state index >= 15 is 0 Å². The number of ether oxygens (including phenoxy) is 1. The van der Waals surface area contributed by atoms with E-state index in [0.29, 0.717) is 24.4 Å². The van der Waals surface area contributed by atoms with Crippen LogP contribution in [-0.2, 0) is 21.2 Å². The van der Waals surface area contributed by atoms with Gasteiger partial charge in [-0.15, -0.1) is 0 Å². The number of nitrogens with zero attached hydrogens (tertiary/aromatic N) is 1. The molecule has 0 unspecified atom stereocenters. The van der Waals surface area contributed by atoms with Gasteiger partial charge in [-0.25, -0.2) is 17.2 Å². The van der Waals surface area contributed by atoms with E-state index in [9.17, 15) is 22.0 Å². The van der Waals surface area contributed by atoms with E-state index in [4.69, 9.17) is 4.74 Å². The zero-order valence-electron chi connectivity index (χ0n) is 18.2. The van der Waals surface area contributed by atoms with Crippen LogP contribution in [0.3, 0.4) is 0 Å². The second-order valence-electron chi connectivity index (χ2n) is 8.09. The molecule has 32 heavy (non-hydrogen) atoms. The Labute approximate surface area is 187 Å². The minimum atomic E-state index is -3.68. The summed E-state index contributed by atoms with van der Waals surface area (Å²) < 4.78 is 59.7. The molecule has 0 atom stereocenters. The van der Waals surface area contributed by atoms with Gasteiger partial charge in [0, 0.05) is 19.5 Å². The molecule has 1 aliphatic heterocycles. The van der Waals surface area contributed by atoms with E-state index in [0.717, 1.165) is 31.4 Å². The van der Waals surface area contributed by atoms with Crippen LogP contribution in [0.25, 0.3) is 0 Å². The lowest BCUT2D eigenvalue weighted by Crippen LogP contribution is -2.35. The minimum Gasteiger partial charge on any atom is -0.489 e. The van der Waals surface area contributed by atoms with Crippen molar-refractivity contribution in [3.8, 4) is 5.75 Å². The molecule has 0 spiro atoms. The number of nitrogens with one attached hydrogen (secondary N) is 1. The van der Waals surface area contributed by atoms with Crippen molar-refractivity contribution in [1.82, 2.24) is 4.31 Å². The van der Waals surface area contributed by atoms with Crippen molar-refractivity contribution < 1.29 is 26.7 Å². The molecule has 0 radical (unpaired) electrons. The fourth-order valence-corrected chi connectivity index (χ4v) is 5.09. The maximum atomic E-state index is 13.4. The van der Waals surface area contributed by atoms with Crippen LogP contribution in [0.2, 0.25) is 0 Å². The molecule has 1 fully saturated rings. The first-order chi connectivity index (χ1) is 15.2. The van der Waals surface area contributed by atoms with Crippen LogP contribution in [0.1, 0.15) is 45.1 Å². The predicted octanol–water partition coefficient (Wildman–Crippen LogP) is 4.50. The van der Waals surface area contributed by atoms with E-state index in [-0.39, 0.29) is 29.5 Å². The third kappa shape index (κ3) is 6.04. The summed E-state index contributed by atoms with van der Waals surface area (Å²) in [5, 5.41) is 2.71. The van der Waals surface area contributed by atoms with Crippen LogP contribution in [0.5, 0.6) is 5.75 Å². The van der Waals surface area contributed by atoms with Crippen molar-refractivity contribution in [2.45, 2.75) is 57.0 Å². The number of benzene rings is 2. The van der Waals surface area contributed by atoms with Crippen LogP contribution in [0.15, 0.2) is 41.3 Å². The molecule has 2 aromatic carbocycles. The molecule has 1 N–H and O–H groups in total. The van der Waals surface area contributed by atoms with Crippen molar-refractivity contribution in [2.24, 2.45) is 0 Å². The van der Waals surface area contributed by atoms with Crippen LogP contribution in [-0.4, -0.2) is 37.8 Å². The number of amides is 1. The number of rotatable bonds is 8. The fourth-order valence-electron chi connectivity index (χ4n) is 3.54. The maximum absolute atomic E-state index is 13.4. The lowest BCUT2D eigenvalue weighted by atomic mass is 10.1. The molecule has 174 valence electrons. The number of aryl methyl sites for hydroxylation is 1. The molecule has 6 nitrogen and oxygen atoms in total. The quantitative estimate of drug-likeness (QED) is 0.622. The molecule has 0 aliphatic carbocycles. The van der Waals surface area contributed by atoms with Crippen molar-refractivity contribution in [1.29, 1.82) is 0 Å². The molecular formula is C23H28F2N2O4S. The Bertz CT molecular complexity index is 1070. The van der Waals surface area contributed by atoms with E-state index in [1.165, 1.54) is 22.5 Å². The Morgan fingerprint density at radius 1 is 1.06 bits per heavy atom. The summed E-state index contributed by atoms with van der Waals surface area (Å²) in [4.78, 5) is 12.6. The van der Waals surface area contributed by atoms with Crippen LogP contribution in [0, 0.1) is 11.6 Å². The molecule has 9 heteroatoms. The van der Waals surface area contributed by atoms with Gasteiger partial charge < -0.3 is 10.1 Å². The van der Waals surface area contributed by atoms with Gasteiger partial charge in [0.05, 0.1) is 16.7 Å². The number of carbonyl (C=O) groups excluding carboxylic acids is 1. The van der Waals surface area contributed by atoms with E-state index in [2.05, 4.69) is 5.32 Å². The van der Waals surface area contributed by atoms with Gasteiger partial charge in [-0.1, -0.05) is 12.5 Å². The Hall–Kier alpha value is -2.52. The molecular weight excluding hydrogens is 438 g/mol. The molecule has 1 aliphatic rings. The lowest BCUT2D eigenvalue weighted by molar-refractivity contribution is -0.116. The second-order valence-corrected chi connectivity index (χ2v) is 10.0. The number of halogens is 2. The van der Waals surface area contributed by atoms with Gasteiger partial charge in [0.15, 0.2) is 11.6 Å². The highest BCUT2D eigenvalue weighted by atomic mass is 32.2. The topological polar surface area (TPSA) is 75.7 Å². The molecule has 1 amide bonds. The lowest BCUT2D eigenvalue weighted by Gasteiger charge is -2.26. The SMILES string of the molecule is CC(C)Oc1ccc(S(=O)(=O)N2CCCCC2)cc1NC(=O)CCc1ccc(F)c(F)c1. The highest BCUT2D eigenvalue weighted by Crippen LogP contribution is 2.31. The van der Waals surface area contributed by atoms with Gasteiger partial charge in [0.2, 0.25) is 15.9 Å². The zero-order chi connectivity index (χ0) is 23.3. The number of anilines is 1. The van der Waals surface area contributed by atoms with Gasteiger partial charge in [0.25, 0.3) is 0 Å². The number of sulfonamides is 1. The third-order valence-electron chi connectivity index (χ3n) is 5.17. The first-order valence-electron chi connectivity index (χ1n) is 10.7. The largest absolute Gasteiger partial charge is 0.489 e. The van der Waals surface area contributed by atoms with E-state index in [1.54, 1.807) is 6.07 Å². The smallest absolute Gasteiger partial charge is 0.243 e. The summed E-state index contributed by atoms with van der Waals surface area (Å²) >= 11 is 0. The number of carbonyl (C=O) groups is 1. The highest BCUT2D eigenvalue weighted by molar-refractivity contribution is 7.89. The monoisotopic (exact) mass is 466 g/mol. The molecule has 0 bridgehead atoms. The molecule has 1 saturated heterocycles. The summed E-state index contributed by atoms with van der Waals surface area (Å²) in [7, 11) is -3.68. The van der Waals surface area contributed by atoms with Crippen LogP contribution < -0.4 is 10.1 Å². The fraction of sp³-hybridized carbons (Fsp3) is 0.435. The Morgan fingerprint density at radius 3 is 2.44 bits per heavy atom. The highest BCUT2D eigenvalue weighted by Gasteiger charge is 2.27. The van der Waals surface area contributed by atoms with Gasteiger partial charge >= 0.3 is 0 Å². The number of hydrogen-bond acceptors (Lipinski definition) is 4. The van der Waals surface area contributed by atoms with Crippen molar-refractivity contribution >= 4 is 21.6 Å². The van der Waals surface area contributed by atoms with Gasteiger partial charge in [-0.2, -0.15) is 4.31 Å². The summed E-state index contributed by atoms with van der Waals surface area (Å²) in [5.41, 5.74) is 0.742. The molecule has 3 rings (SSSR count). The van der Waals surface area contributed by atoms with Crippen molar-refractivity contribution in [3.05, 3.63) is 53.6 Å². The minimum absolute atomic E-state index is 0.00922. The van der Waals surface area contributed by atoms with Crippen LogP contribution >= 0.6 is 0 Å². The summed E-state index contributed by atoms with van der Waals surface area (Å²) in [6, 6.07) is 7.94. The number of hydrogen-bond donors (Lipinski definition) is 1. The summed E-state index contributed by atoms with van der Waals surface area (Å²) in [6.45, 7) is 4.60. The van der Waals surface area contributed by atoms with Crippen molar-refractivity contribution in [2.75, 3.05) is 18.4 Å². The van der Waals surface area contributed by atoms with Gasteiger partial charge in [0.1, 0.15) is 5.75 Å². The Kier molecular flexibility index (Phi) is 7.84.